The number of benzene rings is 1. The summed E-state index contributed by atoms with van der Waals surface area (Å²) in [6.07, 6.45) is 0. The molecule has 0 saturated carbocycles. The van der Waals surface area contributed by atoms with E-state index in [1.54, 1.807) is 0 Å². The number of oxazole rings is 1. The van der Waals surface area contributed by atoms with Crippen molar-refractivity contribution in [2.75, 3.05) is 0 Å². The quantitative estimate of drug-likeness (QED) is 0.710. The molecule has 0 spiro atoms. The predicted molar refractivity (Wildman–Crippen MR) is 51.8 cm³/mol. The van der Waals surface area contributed by atoms with Crippen LogP contribution in [0.25, 0.3) is 11.1 Å². The molecule has 0 amide bonds. The van der Waals surface area contributed by atoms with Crippen LogP contribution in [-0.2, 0) is 9.05 Å². The van der Waals surface area contributed by atoms with Crippen molar-refractivity contribution in [2.45, 2.75) is 5.22 Å². The molecular formula is C8H3ClN2O3S. The van der Waals surface area contributed by atoms with Crippen molar-refractivity contribution in [3.05, 3.63) is 23.8 Å². The Hall–Kier alpha value is -1.58. The molecule has 2 aromatic rings. The van der Waals surface area contributed by atoms with Crippen LogP contribution in [0.15, 0.2) is 27.8 Å². The van der Waals surface area contributed by atoms with Crippen LogP contribution < -0.4 is 0 Å². The fraction of sp³-hybridized carbons (Fsp3) is 0. The third-order valence-electron chi connectivity index (χ3n) is 1.71. The molecule has 0 N–H and O–H groups in total. The van der Waals surface area contributed by atoms with Gasteiger partial charge in [0.25, 0.3) is 0 Å². The molecular weight excluding hydrogens is 240 g/mol. The molecule has 1 aromatic carbocycles. The predicted octanol–water partition coefficient (Wildman–Crippen LogP) is 1.63. The maximum atomic E-state index is 10.9. The van der Waals surface area contributed by atoms with Crippen LogP contribution in [0, 0.1) is 11.3 Å². The SMILES string of the molecule is N#Cc1ccc2oc(S(=O)(=O)Cl)nc2c1. The van der Waals surface area contributed by atoms with Crippen LogP contribution >= 0.6 is 10.7 Å². The van der Waals surface area contributed by atoms with Crippen LogP contribution in [-0.4, -0.2) is 13.4 Å². The Morgan fingerprint density at radius 2 is 2.20 bits per heavy atom. The lowest BCUT2D eigenvalue weighted by Gasteiger charge is -1.85. The highest BCUT2D eigenvalue weighted by Gasteiger charge is 2.18. The second-order valence-corrected chi connectivity index (χ2v) is 5.16. The van der Waals surface area contributed by atoms with Gasteiger partial charge in [0.05, 0.1) is 11.6 Å². The van der Waals surface area contributed by atoms with Gasteiger partial charge in [-0.3, -0.25) is 0 Å². The van der Waals surface area contributed by atoms with Crippen molar-refractivity contribution >= 4 is 30.8 Å². The first-order valence-electron chi connectivity index (χ1n) is 3.76. The van der Waals surface area contributed by atoms with Crippen LogP contribution in [0.5, 0.6) is 0 Å². The summed E-state index contributed by atoms with van der Waals surface area (Å²) in [5, 5.41) is 8.05. The Kier molecular flexibility index (Phi) is 2.14. The summed E-state index contributed by atoms with van der Waals surface area (Å²) in [6, 6.07) is 6.29. The third kappa shape index (κ3) is 1.79. The molecule has 15 heavy (non-hydrogen) atoms. The molecule has 0 aliphatic heterocycles. The number of rotatable bonds is 1. The van der Waals surface area contributed by atoms with Gasteiger partial charge in [-0.2, -0.15) is 10.2 Å². The molecule has 0 bridgehead atoms. The van der Waals surface area contributed by atoms with E-state index in [0.717, 1.165) is 0 Å². The molecule has 7 heteroatoms. The molecule has 0 aliphatic carbocycles. The molecule has 1 aromatic heterocycles. The minimum atomic E-state index is -3.97. The normalized spacial score (nSPS) is 11.5. The Morgan fingerprint density at radius 1 is 1.47 bits per heavy atom. The average Bonchev–Trinajstić information content (AvgIpc) is 2.59. The van der Waals surface area contributed by atoms with Crippen LogP contribution in [0.1, 0.15) is 5.56 Å². The number of fused-ring (bicyclic) bond motifs is 1. The van der Waals surface area contributed by atoms with Gasteiger partial charge in [0.15, 0.2) is 5.58 Å². The number of hydrogen-bond acceptors (Lipinski definition) is 5. The lowest BCUT2D eigenvalue weighted by Crippen LogP contribution is -1.88. The first kappa shape index (κ1) is 9.96. The van der Waals surface area contributed by atoms with E-state index in [2.05, 4.69) is 4.98 Å². The van der Waals surface area contributed by atoms with E-state index in [0.29, 0.717) is 5.56 Å². The molecule has 5 nitrogen and oxygen atoms in total. The van der Waals surface area contributed by atoms with Crippen molar-refractivity contribution < 1.29 is 12.8 Å². The number of halogens is 1. The summed E-state index contributed by atoms with van der Waals surface area (Å²) in [7, 11) is 1.08. The summed E-state index contributed by atoms with van der Waals surface area (Å²) < 4.78 is 26.7. The van der Waals surface area contributed by atoms with Crippen LogP contribution in [0.3, 0.4) is 0 Å². The van der Waals surface area contributed by atoms with Gasteiger partial charge < -0.3 is 4.42 Å². The number of nitriles is 1. The first-order chi connectivity index (χ1) is 7.00. The zero-order valence-corrected chi connectivity index (χ0v) is 8.71. The molecule has 0 aliphatic rings. The maximum Gasteiger partial charge on any atom is 0.332 e. The van der Waals surface area contributed by atoms with Gasteiger partial charge in [0, 0.05) is 10.7 Å². The minimum absolute atomic E-state index is 0.272. The van der Waals surface area contributed by atoms with Gasteiger partial charge in [-0.15, -0.1) is 0 Å². The molecule has 0 atom stereocenters. The average molecular weight is 243 g/mol. The number of nitrogens with zero attached hydrogens (tertiary/aromatic N) is 2. The Bertz CT molecular complexity index is 669. The summed E-state index contributed by atoms with van der Waals surface area (Å²) in [5.74, 6) is 0. The van der Waals surface area contributed by atoms with E-state index in [9.17, 15) is 8.42 Å². The minimum Gasteiger partial charge on any atom is -0.427 e. The zero-order chi connectivity index (χ0) is 11.1. The van der Waals surface area contributed by atoms with Crippen molar-refractivity contribution in [1.82, 2.24) is 4.98 Å². The van der Waals surface area contributed by atoms with Crippen molar-refractivity contribution in [2.24, 2.45) is 0 Å². The molecule has 1 heterocycles. The van der Waals surface area contributed by atoms with Gasteiger partial charge in [0.2, 0.25) is 0 Å². The molecule has 76 valence electrons. The topological polar surface area (TPSA) is 84.0 Å². The Balaban J connectivity index is 2.73. The molecule has 0 unspecified atom stereocenters. The molecule has 2 rings (SSSR count). The highest BCUT2D eigenvalue weighted by Crippen LogP contribution is 2.21. The van der Waals surface area contributed by atoms with E-state index in [4.69, 9.17) is 20.4 Å². The van der Waals surface area contributed by atoms with Crippen molar-refractivity contribution in [3.63, 3.8) is 0 Å². The molecule has 0 fully saturated rings. The van der Waals surface area contributed by atoms with E-state index < -0.39 is 14.3 Å². The Morgan fingerprint density at radius 3 is 2.80 bits per heavy atom. The van der Waals surface area contributed by atoms with Gasteiger partial charge >= 0.3 is 14.3 Å². The van der Waals surface area contributed by atoms with Gasteiger partial charge in [0.1, 0.15) is 5.52 Å². The van der Waals surface area contributed by atoms with Crippen molar-refractivity contribution in [1.29, 1.82) is 5.26 Å². The summed E-state index contributed by atoms with van der Waals surface area (Å²) in [6.45, 7) is 0. The van der Waals surface area contributed by atoms with E-state index in [-0.39, 0.29) is 11.1 Å². The smallest absolute Gasteiger partial charge is 0.332 e. The van der Waals surface area contributed by atoms with Gasteiger partial charge in [-0.05, 0) is 18.2 Å². The lowest BCUT2D eigenvalue weighted by molar-refractivity contribution is 0.464. The highest BCUT2D eigenvalue weighted by atomic mass is 35.7. The highest BCUT2D eigenvalue weighted by molar-refractivity contribution is 8.13. The van der Waals surface area contributed by atoms with Crippen molar-refractivity contribution in [3.8, 4) is 6.07 Å². The zero-order valence-electron chi connectivity index (χ0n) is 7.14. The standard InChI is InChI=1S/C8H3ClN2O3S/c9-15(12,13)8-11-6-3-5(4-10)1-2-7(6)14-8/h1-3H. The largest absolute Gasteiger partial charge is 0.427 e. The third-order valence-corrected chi connectivity index (χ3v) is 2.69. The second-order valence-electron chi connectivity index (χ2n) is 2.71. The fourth-order valence-corrected chi connectivity index (χ4v) is 1.67. The van der Waals surface area contributed by atoms with E-state index in [1.807, 2.05) is 6.07 Å². The van der Waals surface area contributed by atoms with E-state index >= 15 is 0 Å². The Labute approximate surface area is 89.3 Å². The second kappa shape index (κ2) is 3.22. The van der Waals surface area contributed by atoms with Gasteiger partial charge in [-0.25, -0.2) is 8.42 Å². The maximum absolute atomic E-state index is 10.9. The number of hydrogen-bond donors (Lipinski definition) is 0. The van der Waals surface area contributed by atoms with Crippen LogP contribution in [0.4, 0.5) is 0 Å². The molecule has 0 saturated heterocycles. The molecule has 0 radical (unpaired) electrons. The summed E-state index contributed by atoms with van der Waals surface area (Å²) >= 11 is 0. The summed E-state index contributed by atoms with van der Waals surface area (Å²) in [5.41, 5.74) is 0.927. The summed E-state index contributed by atoms with van der Waals surface area (Å²) in [4.78, 5) is 3.65. The lowest BCUT2D eigenvalue weighted by atomic mass is 10.2. The monoisotopic (exact) mass is 242 g/mol. The van der Waals surface area contributed by atoms with Gasteiger partial charge in [-0.1, -0.05) is 0 Å². The fourth-order valence-electron chi connectivity index (χ4n) is 1.08. The number of aromatic nitrogens is 1. The van der Waals surface area contributed by atoms with E-state index in [1.165, 1.54) is 18.2 Å². The van der Waals surface area contributed by atoms with Crippen LogP contribution in [0.2, 0.25) is 0 Å². The first-order valence-corrected chi connectivity index (χ1v) is 6.07.